The van der Waals surface area contributed by atoms with Crippen LogP contribution in [0, 0.1) is 0 Å². The molecule has 0 spiro atoms. The standard InChI is InChI=1S/C9H16N2O2/c12-6-9(3-4-9)11-8(13)7-2-1-5-10-7/h7,10,12H,1-6H2,(H,11,13)/t7-/m0/s1. The van der Waals surface area contributed by atoms with Gasteiger partial charge in [-0.1, -0.05) is 0 Å². The maximum absolute atomic E-state index is 11.6. The first kappa shape index (κ1) is 8.97. The van der Waals surface area contributed by atoms with Crippen LogP contribution < -0.4 is 10.6 Å². The lowest BCUT2D eigenvalue weighted by atomic mass is 10.2. The Kier molecular flexibility index (Phi) is 2.26. The summed E-state index contributed by atoms with van der Waals surface area (Å²) in [6.45, 7) is 1.01. The molecule has 0 aromatic heterocycles. The number of aliphatic hydroxyl groups is 1. The number of carbonyl (C=O) groups excluding carboxylic acids is 1. The first-order valence-corrected chi connectivity index (χ1v) is 4.92. The SMILES string of the molecule is O=C(NC1(CO)CC1)[C@@H]1CCCN1. The van der Waals surface area contributed by atoms with E-state index in [1.54, 1.807) is 0 Å². The molecule has 2 aliphatic rings. The predicted octanol–water partition coefficient (Wildman–Crippen LogP) is -0.621. The van der Waals surface area contributed by atoms with E-state index in [2.05, 4.69) is 10.6 Å². The summed E-state index contributed by atoms with van der Waals surface area (Å²) in [5, 5.41) is 15.1. The second-order valence-electron chi connectivity index (χ2n) is 4.08. The lowest BCUT2D eigenvalue weighted by Crippen LogP contribution is -2.47. The highest BCUT2D eigenvalue weighted by atomic mass is 16.3. The van der Waals surface area contributed by atoms with Crippen molar-refractivity contribution in [3.05, 3.63) is 0 Å². The molecule has 1 heterocycles. The molecule has 1 atom stereocenters. The minimum atomic E-state index is -0.263. The average Bonchev–Trinajstić information content (AvgIpc) is 2.69. The summed E-state index contributed by atoms with van der Waals surface area (Å²) in [7, 11) is 0. The minimum absolute atomic E-state index is 0.0241. The second-order valence-corrected chi connectivity index (χ2v) is 4.08. The molecular weight excluding hydrogens is 168 g/mol. The zero-order valence-corrected chi connectivity index (χ0v) is 7.68. The molecule has 0 radical (unpaired) electrons. The van der Waals surface area contributed by atoms with E-state index in [4.69, 9.17) is 5.11 Å². The van der Waals surface area contributed by atoms with Crippen molar-refractivity contribution in [2.45, 2.75) is 37.3 Å². The smallest absolute Gasteiger partial charge is 0.237 e. The monoisotopic (exact) mass is 184 g/mol. The Labute approximate surface area is 77.7 Å². The highest BCUT2D eigenvalue weighted by Crippen LogP contribution is 2.34. The van der Waals surface area contributed by atoms with Gasteiger partial charge in [-0.25, -0.2) is 0 Å². The summed E-state index contributed by atoms with van der Waals surface area (Å²) in [6, 6.07) is -0.0241. The van der Waals surface area contributed by atoms with Crippen molar-refractivity contribution in [3.8, 4) is 0 Å². The fourth-order valence-corrected chi connectivity index (χ4v) is 1.73. The van der Waals surface area contributed by atoms with Gasteiger partial charge in [0.05, 0.1) is 18.2 Å². The summed E-state index contributed by atoms with van der Waals surface area (Å²) in [6.07, 6.45) is 3.83. The molecule has 0 aromatic carbocycles. The van der Waals surface area contributed by atoms with Crippen molar-refractivity contribution >= 4 is 5.91 Å². The number of carbonyl (C=O) groups is 1. The van der Waals surface area contributed by atoms with E-state index in [1.165, 1.54) is 0 Å². The first-order chi connectivity index (χ1) is 6.26. The number of aliphatic hydroxyl groups excluding tert-OH is 1. The molecule has 4 nitrogen and oxygen atoms in total. The van der Waals surface area contributed by atoms with E-state index >= 15 is 0 Å². The molecule has 1 saturated carbocycles. The number of nitrogens with one attached hydrogen (secondary N) is 2. The van der Waals surface area contributed by atoms with Gasteiger partial charge in [0, 0.05) is 0 Å². The highest BCUT2D eigenvalue weighted by Gasteiger charge is 2.44. The fraction of sp³-hybridized carbons (Fsp3) is 0.889. The van der Waals surface area contributed by atoms with Crippen molar-refractivity contribution in [2.75, 3.05) is 13.2 Å². The Morgan fingerprint density at radius 1 is 1.62 bits per heavy atom. The van der Waals surface area contributed by atoms with Gasteiger partial charge >= 0.3 is 0 Å². The molecule has 2 fully saturated rings. The second kappa shape index (κ2) is 3.27. The number of rotatable bonds is 3. The Hall–Kier alpha value is -0.610. The number of hydrogen-bond acceptors (Lipinski definition) is 3. The van der Waals surface area contributed by atoms with E-state index in [-0.39, 0.29) is 24.1 Å². The zero-order valence-electron chi connectivity index (χ0n) is 7.68. The molecule has 0 bridgehead atoms. The third kappa shape index (κ3) is 1.84. The lowest BCUT2D eigenvalue weighted by Gasteiger charge is -2.17. The van der Waals surface area contributed by atoms with Crippen LogP contribution in [0.4, 0.5) is 0 Å². The Bertz CT molecular complexity index is 208. The molecule has 1 aliphatic carbocycles. The van der Waals surface area contributed by atoms with Crippen LogP contribution in [-0.2, 0) is 4.79 Å². The number of hydrogen-bond donors (Lipinski definition) is 3. The third-order valence-electron chi connectivity index (χ3n) is 2.92. The summed E-state index contributed by atoms with van der Waals surface area (Å²) in [5.74, 6) is 0.0593. The van der Waals surface area contributed by atoms with Gasteiger partial charge in [-0.3, -0.25) is 4.79 Å². The fourth-order valence-electron chi connectivity index (χ4n) is 1.73. The maximum atomic E-state index is 11.6. The van der Waals surface area contributed by atoms with Gasteiger partial charge in [-0.2, -0.15) is 0 Å². The van der Waals surface area contributed by atoms with Gasteiger partial charge in [-0.05, 0) is 32.2 Å². The number of amides is 1. The van der Waals surface area contributed by atoms with Crippen LogP contribution in [0.1, 0.15) is 25.7 Å². The molecule has 13 heavy (non-hydrogen) atoms. The van der Waals surface area contributed by atoms with Crippen molar-refractivity contribution in [2.24, 2.45) is 0 Å². The molecule has 3 N–H and O–H groups in total. The Morgan fingerprint density at radius 3 is 2.85 bits per heavy atom. The molecule has 2 rings (SSSR count). The largest absolute Gasteiger partial charge is 0.394 e. The van der Waals surface area contributed by atoms with Crippen LogP contribution in [0.5, 0.6) is 0 Å². The predicted molar refractivity (Wildman–Crippen MR) is 48.2 cm³/mol. The van der Waals surface area contributed by atoms with E-state index in [9.17, 15) is 4.79 Å². The van der Waals surface area contributed by atoms with Crippen LogP contribution in [-0.4, -0.2) is 35.7 Å². The third-order valence-corrected chi connectivity index (χ3v) is 2.92. The molecule has 0 aromatic rings. The highest BCUT2D eigenvalue weighted by molar-refractivity contribution is 5.83. The van der Waals surface area contributed by atoms with E-state index in [0.29, 0.717) is 0 Å². The van der Waals surface area contributed by atoms with Gasteiger partial charge in [0.2, 0.25) is 5.91 Å². The molecule has 1 amide bonds. The Morgan fingerprint density at radius 2 is 2.38 bits per heavy atom. The lowest BCUT2D eigenvalue weighted by molar-refractivity contribution is -0.124. The van der Waals surface area contributed by atoms with E-state index in [1.807, 2.05) is 0 Å². The zero-order chi connectivity index (χ0) is 9.31. The van der Waals surface area contributed by atoms with Crippen LogP contribution in [0.2, 0.25) is 0 Å². The van der Waals surface area contributed by atoms with Crippen molar-refractivity contribution in [1.29, 1.82) is 0 Å². The Balaban J connectivity index is 1.84. The van der Waals surface area contributed by atoms with Crippen LogP contribution in [0.15, 0.2) is 0 Å². The minimum Gasteiger partial charge on any atom is -0.394 e. The van der Waals surface area contributed by atoms with Gasteiger partial charge < -0.3 is 15.7 Å². The summed E-state index contributed by atoms with van der Waals surface area (Å²) in [4.78, 5) is 11.6. The van der Waals surface area contributed by atoms with Crippen LogP contribution >= 0.6 is 0 Å². The van der Waals surface area contributed by atoms with Gasteiger partial charge in [0.25, 0.3) is 0 Å². The molecule has 1 saturated heterocycles. The molecule has 74 valence electrons. The molecule has 0 unspecified atom stereocenters. The molecule has 1 aliphatic heterocycles. The normalized spacial score (nSPS) is 30.1. The van der Waals surface area contributed by atoms with E-state index in [0.717, 1.165) is 32.2 Å². The quantitative estimate of drug-likeness (QED) is 0.548. The molecule has 4 heteroatoms. The van der Waals surface area contributed by atoms with Crippen LogP contribution in [0.3, 0.4) is 0 Å². The summed E-state index contributed by atoms with van der Waals surface area (Å²) < 4.78 is 0. The topological polar surface area (TPSA) is 61.4 Å². The van der Waals surface area contributed by atoms with Crippen molar-refractivity contribution in [3.63, 3.8) is 0 Å². The molecular formula is C9H16N2O2. The van der Waals surface area contributed by atoms with Gasteiger partial charge in [-0.15, -0.1) is 0 Å². The van der Waals surface area contributed by atoms with Gasteiger partial charge in [0.15, 0.2) is 0 Å². The maximum Gasteiger partial charge on any atom is 0.237 e. The van der Waals surface area contributed by atoms with Crippen molar-refractivity contribution < 1.29 is 9.90 Å². The summed E-state index contributed by atoms with van der Waals surface area (Å²) in [5.41, 5.74) is -0.263. The van der Waals surface area contributed by atoms with Crippen LogP contribution in [0.25, 0.3) is 0 Å². The first-order valence-electron chi connectivity index (χ1n) is 4.92. The average molecular weight is 184 g/mol. The van der Waals surface area contributed by atoms with Crippen molar-refractivity contribution in [1.82, 2.24) is 10.6 Å². The van der Waals surface area contributed by atoms with Gasteiger partial charge in [0.1, 0.15) is 0 Å². The van der Waals surface area contributed by atoms with E-state index < -0.39 is 0 Å². The summed E-state index contributed by atoms with van der Waals surface area (Å²) >= 11 is 0.